The Labute approximate surface area is 100 Å². The number of nitrogens with one attached hydrogen (secondary N) is 1. The Balaban J connectivity index is 2.26. The Morgan fingerprint density at radius 2 is 2.19 bits per heavy atom. The molecule has 0 radical (unpaired) electrons. The van der Waals surface area contributed by atoms with Gasteiger partial charge in [-0.3, -0.25) is 0 Å². The van der Waals surface area contributed by atoms with Gasteiger partial charge in [0.2, 0.25) is 0 Å². The van der Waals surface area contributed by atoms with Crippen molar-refractivity contribution in [3.05, 3.63) is 30.1 Å². The first-order valence-corrected chi connectivity index (χ1v) is 6.48. The molecule has 1 aromatic rings. The van der Waals surface area contributed by atoms with E-state index in [-0.39, 0.29) is 5.82 Å². The van der Waals surface area contributed by atoms with Crippen LogP contribution in [0.1, 0.15) is 13.3 Å². The van der Waals surface area contributed by atoms with Gasteiger partial charge in [-0.2, -0.15) is 0 Å². The summed E-state index contributed by atoms with van der Waals surface area (Å²) >= 11 is 1.35. The molecule has 1 unspecified atom stereocenters. The molecule has 0 bridgehead atoms. The lowest BCUT2D eigenvalue weighted by molar-refractivity contribution is 0.196. The molecule has 0 amide bonds. The van der Waals surface area contributed by atoms with E-state index in [1.807, 2.05) is 0 Å². The van der Waals surface area contributed by atoms with Crippen LogP contribution in [0.4, 0.5) is 4.39 Å². The fraction of sp³-hybridized carbons (Fsp3) is 0.500. The van der Waals surface area contributed by atoms with E-state index in [0.717, 1.165) is 13.0 Å². The summed E-state index contributed by atoms with van der Waals surface area (Å²) < 4.78 is 13.2. The first-order valence-electron chi connectivity index (χ1n) is 5.50. The highest BCUT2D eigenvalue weighted by molar-refractivity contribution is 7.99. The van der Waals surface area contributed by atoms with E-state index >= 15 is 0 Å². The van der Waals surface area contributed by atoms with Gasteiger partial charge in [-0.25, -0.2) is 4.39 Å². The van der Waals surface area contributed by atoms with Gasteiger partial charge in [-0.05, 0) is 25.1 Å². The molecule has 2 N–H and O–H groups in total. The van der Waals surface area contributed by atoms with E-state index < -0.39 is 6.10 Å². The van der Waals surface area contributed by atoms with Gasteiger partial charge in [-0.15, -0.1) is 11.8 Å². The number of rotatable bonds is 7. The summed E-state index contributed by atoms with van der Waals surface area (Å²) in [6.45, 7) is 3.55. The minimum atomic E-state index is -0.434. The molecule has 1 atom stereocenters. The van der Waals surface area contributed by atoms with Crippen molar-refractivity contribution in [3.8, 4) is 0 Å². The first kappa shape index (κ1) is 13.5. The fourth-order valence-corrected chi connectivity index (χ4v) is 2.12. The minimum Gasteiger partial charge on any atom is -0.391 e. The second kappa shape index (κ2) is 7.65. The number of benzene rings is 1. The summed E-state index contributed by atoms with van der Waals surface area (Å²) in [4.78, 5) is 0.594. The first-order chi connectivity index (χ1) is 7.74. The Kier molecular flexibility index (Phi) is 6.45. The van der Waals surface area contributed by atoms with Crippen LogP contribution in [0.5, 0.6) is 0 Å². The highest BCUT2D eigenvalue weighted by Crippen LogP contribution is 2.21. The van der Waals surface area contributed by atoms with Gasteiger partial charge in [0.05, 0.1) is 6.10 Å². The van der Waals surface area contributed by atoms with Gasteiger partial charge in [0.15, 0.2) is 0 Å². The van der Waals surface area contributed by atoms with Crippen molar-refractivity contribution >= 4 is 11.8 Å². The van der Waals surface area contributed by atoms with Crippen LogP contribution in [-0.2, 0) is 0 Å². The highest BCUT2D eigenvalue weighted by atomic mass is 32.2. The zero-order valence-electron chi connectivity index (χ0n) is 9.45. The molecule has 0 aliphatic carbocycles. The van der Waals surface area contributed by atoms with E-state index in [0.29, 0.717) is 17.2 Å². The maximum atomic E-state index is 13.2. The normalized spacial score (nSPS) is 12.7. The van der Waals surface area contributed by atoms with E-state index in [1.165, 1.54) is 17.8 Å². The van der Waals surface area contributed by atoms with Crippen molar-refractivity contribution in [2.75, 3.05) is 18.8 Å². The van der Waals surface area contributed by atoms with Gasteiger partial charge >= 0.3 is 0 Å². The Morgan fingerprint density at radius 3 is 2.88 bits per heavy atom. The van der Waals surface area contributed by atoms with Crippen LogP contribution in [0.15, 0.2) is 29.2 Å². The van der Waals surface area contributed by atoms with Crippen LogP contribution in [-0.4, -0.2) is 30.1 Å². The molecule has 0 heterocycles. The van der Waals surface area contributed by atoms with Crippen molar-refractivity contribution in [1.82, 2.24) is 5.32 Å². The second-order valence-corrected chi connectivity index (χ2v) is 4.66. The Morgan fingerprint density at radius 1 is 1.44 bits per heavy atom. The predicted octanol–water partition coefficient (Wildman–Crippen LogP) is 2.28. The molecule has 16 heavy (non-hydrogen) atoms. The van der Waals surface area contributed by atoms with Gasteiger partial charge < -0.3 is 10.4 Å². The van der Waals surface area contributed by atoms with Crippen molar-refractivity contribution in [3.63, 3.8) is 0 Å². The van der Waals surface area contributed by atoms with Crippen molar-refractivity contribution in [2.45, 2.75) is 24.3 Å². The third kappa shape index (κ3) is 4.96. The van der Waals surface area contributed by atoms with Crippen LogP contribution < -0.4 is 5.32 Å². The van der Waals surface area contributed by atoms with Crippen molar-refractivity contribution < 1.29 is 9.50 Å². The molecule has 0 saturated heterocycles. The lowest BCUT2D eigenvalue weighted by Gasteiger charge is -2.11. The van der Waals surface area contributed by atoms with Gasteiger partial charge in [0, 0.05) is 17.2 Å². The lowest BCUT2D eigenvalue weighted by Crippen LogP contribution is -2.28. The van der Waals surface area contributed by atoms with Crippen LogP contribution in [0, 0.1) is 5.82 Å². The SMILES string of the molecule is CCCNCC(O)CSc1ccccc1F. The zero-order valence-corrected chi connectivity index (χ0v) is 10.3. The predicted molar refractivity (Wildman–Crippen MR) is 66.3 cm³/mol. The number of aliphatic hydroxyl groups excluding tert-OH is 1. The molecule has 0 aliphatic heterocycles. The molecule has 0 aromatic heterocycles. The van der Waals surface area contributed by atoms with Gasteiger partial charge in [-0.1, -0.05) is 19.1 Å². The summed E-state index contributed by atoms with van der Waals surface area (Å²) in [5.74, 6) is 0.290. The van der Waals surface area contributed by atoms with Gasteiger partial charge in [0.1, 0.15) is 5.82 Å². The summed E-state index contributed by atoms with van der Waals surface area (Å²) in [6.07, 6.45) is 0.615. The molecule has 0 spiro atoms. The average Bonchev–Trinajstić information content (AvgIpc) is 2.28. The van der Waals surface area contributed by atoms with E-state index in [4.69, 9.17) is 0 Å². The maximum Gasteiger partial charge on any atom is 0.136 e. The number of halogens is 1. The lowest BCUT2D eigenvalue weighted by atomic mass is 10.3. The molecule has 2 nitrogen and oxygen atoms in total. The summed E-state index contributed by atoms with van der Waals surface area (Å²) in [6, 6.07) is 6.63. The molecule has 0 aliphatic rings. The number of hydrogen-bond donors (Lipinski definition) is 2. The van der Waals surface area contributed by atoms with Crippen LogP contribution >= 0.6 is 11.8 Å². The van der Waals surface area contributed by atoms with Gasteiger partial charge in [0.25, 0.3) is 0 Å². The molecule has 1 aromatic carbocycles. The molecular formula is C12H18FNOS. The monoisotopic (exact) mass is 243 g/mol. The zero-order chi connectivity index (χ0) is 11.8. The fourth-order valence-electron chi connectivity index (χ4n) is 1.25. The quantitative estimate of drug-likeness (QED) is 0.569. The molecule has 0 fully saturated rings. The molecular weight excluding hydrogens is 225 g/mol. The number of hydrogen-bond acceptors (Lipinski definition) is 3. The number of aliphatic hydroxyl groups is 1. The third-order valence-electron chi connectivity index (χ3n) is 2.07. The minimum absolute atomic E-state index is 0.221. The van der Waals surface area contributed by atoms with Crippen LogP contribution in [0.25, 0.3) is 0 Å². The molecule has 1 rings (SSSR count). The Hall–Kier alpha value is -0.580. The molecule has 4 heteroatoms. The third-order valence-corrected chi connectivity index (χ3v) is 3.27. The topological polar surface area (TPSA) is 32.3 Å². The Bertz CT molecular complexity index is 309. The summed E-state index contributed by atoms with van der Waals surface area (Å²) in [5.41, 5.74) is 0. The van der Waals surface area contributed by atoms with E-state index in [1.54, 1.807) is 18.2 Å². The maximum absolute atomic E-state index is 13.2. The van der Waals surface area contributed by atoms with Crippen molar-refractivity contribution in [1.29, 1.82) is 0 Å². The smallest absolute Gasteiger partial charge is 0.136 e. The summed E-state index contributed by atoms with van der Waals surface area (Å²) in [7, 11) is 0. The standard InChI is InChI=1S/C12H18FNOS/c1-2-7-14-8-10(15)9-16-12-6-4-3-5-11(12)13/h3-6,10,14-15H,2,7-9H2,1H3. The molecule has 90 valence electrons. The second-order valence-electron chi connectivity index (χ2n) is 3.60. The number of thioether (sulfide) groups is 1. The highest BCUT2D eigenvalue weighted by Gasteiger charge is 2.06. The van der Waals surface area contributed by atoms with Crippen molar-refractivity contribution in [2.24, 2.45) is 0 Å². The van der Waals surface area contributed by atoms with Crippen LogP contribution in [0.2, 0.25) is 0 Å². The van der Waals surface area contributed by atoms with Crippen LogP contribution in [0.3, 0.4) is 0 Å². The van der Waals surface area contributed by atoms with E-state index in [2.05, 4.69) is 12.2 Å². The summed E-state index contributed by atoms with van der Waals surface area (Å²) in [5, 5.41) is 12.8. The van der Waals surface area contributed by atoms with E-state index in [9.17, 15) is 9.50 Å². The largest absolute Gasteiger partial charge is 0.391 e. The molecule has 0 saturated carbocycles. The average molecular weight is 243 g/mol.